The molecule has 0 aromatic rings. The van der Waals surface area contributed by atoms with Gasteiger partial charge in [0.05, 0.1) is 17.6 Å². The lowest BCUT2D eigenvalue weighted by molar-refractivity contribution is -0.0609. The highest BCUT2D eigenvalue weighted by Gasteiger charge is 2.35. The van der Waals surface area contributed by atoms with Gasteiger partial charge >= 0.3 is 0 Å². The van der Waals surface area contributed by atoms with Crippen LogP contribution in [0.25, 0.3) is 0 Å². The number of nitrogens with one attached hydrogen (secondary N) is 1. The summed E-state index contributed by atoms with van der Waals surface area (Å²) in [4.78, 5) is 0. The zero-order chi connectivity index (χ0) is 11.8. The maximum Gasteiger partial charge on any atom is 0.153 e. The molecule has 17 heavy (non-hydrogen) atoms. The van der Waals surface area contributed by atoms with Crippen molar-refractivity contribution in [3.05, 3.63) is 0 Å². The molecule has 2 aliphatic rings. The van der Waals surface area contributed by atoms with Crippen LogP contribution in [-0.4, -0.2) is 38.8 Å². The fraction of sp³-hybridized carbons (Fsp3) is 1.00. The number of ether oxygens (including phenoxy) is 1. The zero-order valence-corrected chi connectivity index (χ0v) is 12.1. The molecule has 0 radical (unpaired) electrons. The van der Waals surface area contributed by atoms with Gasteiger partial charge in [0.2, 0.25) is 0 Å². The summed E-state index contributed by atoms with van der Waals surface area (Å²) >= 11 is 0. The summed E-state index contributed by atoms with van der Waals surface area (Å²) in [5.74, 6) is 0.357. The molecule has 2 unspecified atom stereocenters. The second-order valence-electron chi connectivity index (χ2n) is 5.71. The lowest BCUT2D eigenvalue weighted by atomic mass is 9.93. The predicted octanol–water partition coefficient (Wildman–Crippen LogP) is 1.35. The summed E-state index contributed by atoms with van der Waals surface area (Å²) in [5, 5.41) is 3.10. The Morgan fingerprint density at radius 3 is 2.59 bits per heavy atom. The number of hydrogen-bond acceptors (Lipinski definition) is 4. The molecule has 2 aliphatic heterocycles. The Balaban J connectivity index is 0.00000144. The van der Waals surface area contributed by atoms with E-state index in [9.17, 15) is 8.42 Å². The van der Waals surface area contributed by atoms with E-state index in [1.165, 1.54) is 0 Å². The van der Waals surface area contributed by atoms with Crippen molar-refractivity contribution < 1.29 is 13.2 Å². The summed E-state index contributed by atoms with van der Waals surface area (Å²) in [6.45, 7) is 5.88. The second-order valence-corrected chi connectivity index (χ2v) is 8.11. The Hall–Kier alpha value is 0.160. The van der Waals surface area contributed by atoms with Gasteiger partial charge in [-0.15, -0.1) is 12.4 Å². The number of rotatable bonds is 2. The topological polar surface area (TPSA) is 55.4 Å². The highest BCUT2D eigenvalue weighted by atomic mass is 35.5. The van der Waals surface area contributed by atoms with Gasteiger partial charge in [-0.2, -0.15) is 0 Å². The smallest absolute Gasteiger partial charge is 0.153 e. The molecular weight excluding hydrogens is 262 g/mol. The van der Waals surface area contributed by atoms with Crippen LogP contribution in [0.2, 0.25) is 0 Å². The Labute approximate surface area is 110 Å². The van der Waals surface area contributed by atoms with E-state index in [1.54, 1.807) is 0 Å². The molecule has 0 aromatic carbocycles. The van der Waals surface area contributed by atoms with Crippen molar-refractivity contribution in [1.82, 2.24) is 5.32 Å². The third kappa shape index (κ3) is 3.81. The lowest BCUT2D eigenvalue weighted by Gasteiger charge is -2.36. The molecule has 0 bridgehead atoms. The molecule has 0 amide bonds. The molecule has 0 spiro atoms. The minimum Gasteiger partial charge on any atom is -0.363 e. The van der Waals surface area contributed by atoms with Crippen LogP contribution in [0.1, 0.15) is 33.1 Å². The van der Waals surface area contributed by atoms with Crippen molar-refractivity contribution in [1.29, 1.82) is 0 Å². The van der Waals surface area contributed by atoms with Crippen molar-refractivity contribution in [3.63, 3.8) is 0 Å². The van der Waals surface area contributed by atoms with Crippen LogP contribution in [0.4, 0.5) is 0 Å². The van der Waals surface area contributed by atoms with Crippen LogP contribution in [0.15, 0.2) is 0 Å². The Kier molecular flexibility index (Phi) is 4.86. The summed E-state index contributed by atoms with van der Waals surface area (Å²) < 4.78 is 29.0. The third-order valence-corrected chi connectivity index (χ3v) is 5.72. The molecule has 0 aliphatic carbocycles. The summed E-state index contributed by atoms with van der Waals surface area (Å²) in [5.41, 5.74) is 0.158. The predicted molar refractivity (Wildman–Crippen MR) is 70.2 cm³/mol. The molecule has 2 fully saturated rings. The minimum atomic E-state index is -2.84. The molecule has 102 valence electrons. The van der Waals surface area contributed by atoms with Gasteiger partial charge < -0.3 is 4.74 Å². The van der Waals surface area contributed by atoms with Gasteiger partial charge in [0, 0.05) is 18.4 Å². The molecule has 2 saturated heterocycles. The molecular formula is C11H22ClNO3S. The van der Waals surface area contributed by atoms with Gasteiger partial charge in [-0.25, -0.2) is 8.42 Å². The average molecular weight is 284 g/mol. The molecule has 0 aromatic heterocycles. The molecule has 2 rings (SSSR count). The number of sulfone groups is 1. The first-order valence-electron chi connectivity index (χ1n) is 5.96. The van der Waals surface area contributed by atoms with Gasteiger partial charge in [0.1, 0.15) is 6.23 Å². The van der Waals surface area contributed by atoms with E-state index in [0.29, 0.717) is 18.8 Å². The lowest BCUT2D eigenvalue weighted by Crippen LogP contribution is -2.49. The average Bonchev–Trinajstić information content (AvgIpc) is 2.50. The zero-order valence-electron chi connectivity index (χ0n) is 10.4. The minimum absolute atomic E-state index is 0. The van der Waals surface area contributed by atoms with E-state index in [1.807, 2.05) is 0 Å². The van der Waals surface area contributed by atoms with E-state index in [-0.39, 0.29) is 29.3 Å². The van der Waals surface area contributed by atoms with E-state index >= 15 is 0 Å². The van der Waals surface area contributed by atoms with E-state index in [2.05, 4.69) is 19.2 Å². The van der Waals surface area contributed by atoms with Gasteiger partial charge in [0.15, 0.2) is 9.84 Å². The maximum absolute atomic E-state index is 11.7. The van der Waals surface area contributed by atoms with E-state index in [0.717, 1.165) is 19.4 Å². The largest absolute Gasteiger partial charge is 0.363 e. The molecule has 0 saturated carbocycles. The maximum atomic E-state index is 11.7. The third-order valence-electron chi connectivity index (χ3n) is 3.42. The van der Waals surface area contributed by atoms with Crippen molar-refractivity contribution in [2.45, 2.75) is 44.6 Å². The molecule has 6 heteroatoms. The standard InChI is InChI=1S/C11H21NO3S.ClH/c1-11(2)7-12-10(15-8-11)6-9-4-3-5-16(9,13)14;/h9-10,12H,3-8H2,1-2H3;1H. The van der Waals surface area contributed by atoms with Crippen LogP contribution < -0.4 is 5.32 Å². The molecule has 2 atom stereocenters. The normalized spacial score (nSPS) is 35.2. The summed E-state index contributed by atoms with van der Waals surface area (Å²) in [6, 6.07) is 0. The first-order valence-corrected chi connectivity index (χ1v) is 7.67. The van der Waals surface area contributed by atoms with Crippen LogP contribution >= 0.6 is 12.4 Å². The van der Waals surface area contributed by atoms with Crippen molar-refractivity contribution in [2.24, 2.45) is 5.41 Å². The SMILES string of the molecule is CC1(C)CNC(CC2CCCS2(=O)=O)OC1.Cl. The second kappa shape index (κ2) is 5.43. The van der Waals surface area contributed by atoms with E-state index in [4.69, 9.17) is 4.74 Å². The summed E-state index contributed by atoms with van der Waals surface area (Å²) in [7, 11) is -2.84. The van der Waals surface area contributed by atoms with Crippen LogP contribution in [0.3, 0.4) is 0 Å². The van der Waals surface area contributed by atoms with E-state index < -0.39 is 9.84 Å². The molecule has 4 nitrogen and oxygen atoms in total. The Morgan fingerprint density at radius 2 is 2.12 bits per heavy atom. The Morgan fingerprint density at radius 1 is 1.41 bits per heavy atom. The first-order chi connectivity index (χ1) is 7.39. The Bertz CT molecular complexity index is 346. The van der Waals surface area contributed by atoms with Crippen molar-refractivity contribution in [2.75, 3.05) is 18.9 Å². The molecule has 1 N–H and O–H groups in total. The van der Waals surface area contributed by atoms with Gasteiger partial charge in [-0.05, 0) is 12.8 Å². The van der Waals surface area contributed by atoms with Gasteiger partial charge in [-0.3, -0.25) is 5.32 Å². The van der Waals surface area contributed by atoms with Crippen molar-refractivity contribution >= 4 is 22.2 Å². The first kappa shape index (κ1) is 15.2. The monoisotopic (exact) mass is 283 g/mol. The number of hydrogen-bond donors (Lipinski definition) is 1. The number of halogens is 1. The molecule has 2 heterocycles. The van der Waals surface area contributed by atoms with Crippen molar-refractivity contribution in [3.8, 4) is 0 Å². The van der Waals surface area contributed by atoms with Gasteiger partial charge in [-0.1, -0.05) is 13.8 Å². The van der Waals surface area contributed by atoms with Crippen LogP contribution in [0, 0.1) is 5.41 Å². The van der Waals surface area contributed by atoms with Gasteiger partial charge in [0.25, 0.3) is 0 Å². The highest BCUT2D eigenvalue weighted by Crippen LogP contribution is 2.27. The van der Waals surface area contributed by atoms with Crippen LogP contribution in [0.5, 0.6) is 0 Å². The summed E-state index contributed by atoms with van der Waals surface area (Å²) in [6.07, 6.45) is 2.14. The fourth-order valence-corrected chi connectivity index (χ4v) is 4.24. The fourth-order valence-electron chi connectivity index (χ4n) is 2.34. The quantitative estimate of drug-likeness (QED) is 0.831. The highest BCUT2D eigenvalue weighted by molar-refractivity contribution is 7.92. The van der Waals surface area contributed by atoms with Crippen LogP contribution in [-0.2, 0) is 14.6 Å².